The molecule has 1 aromatic heterocycles. The summed E-state index contributed by atoms with van der Waals surface area (Å²) < 4.78 is 0. The van der Waals surface area contributed by atoms with E-state index in [0.29, 0.717) is 6.04 Å². The highest BCUT2D eigenvalue weighted by Gasteiger charge is 2.12. The molecule has 3 heteroatoms. The topological polar surface area (TPSA) is 24.9 Å². The fraction of sp³-hybridized carbons (Fsp3) is 0.438. The largest absolute Gasteiger partial charge is 0.316 e. The minimum atomic E-state index is 0.446. The minimum absolute atomic E-state index is 0.446. The lowest BCUT2D eigenvalue weighted by molar-refractivity contribution is 0.550. The molecular formula is C16H22N2S. The van der Waals surface area contributed by atoms with Crippen molar-refractivity contribution in [1.29, 1.82) is 0 Å². The Morgan fingerprint density at radius 3 is 2.63 bits per heavy atom. The summed E-state index contributed by atoms with van der Waals surface area (Å²) in [5, 5.41) is 6.74. The van der Waals surface area contributed by atoms with E-state index in [1.165, 1.54) is 22.4 Å². The third-order valence-electron chi connectivity index (χ3n) is 3.50. The quantitative estimate of drug-likeness (QED) is 0.903. The van der Waals surface area contributed by atoms with Crippen molar-refractivity contribution in [1.82, 2.24) is 10.3 Å². The molecule has 0 bridgehead atoms. The Morgan fingerprint density at radius 1 is 1.21 bits per heavy atom. The summed E-state index contributed by atoms with van der Waals surface area (Å²) in [6.07, 6.45) is 2.05. The van der Waals surface area contributed by atoms with Gasteiger partial charge in [-0.15, -0.1) is 11.3 Å². The maximum atomic E-state index is 4.56. The normalized spacial score (nSPS) is 12.6. The van der Waals surface area contributed by atoms with Crippen LogP contribution in [0, 0.1) is 20.8 Å². The van der Waals surface area contributed by atoms with E-state index in [0.717, 1.165) is 17.8 Å². The monoisotopic (exact) mass is 274 g/mol. The van der Waals surface area contributed by atoms with Gasteiger partial charge in [0.1, 0.15) is 0 Å². The molecule has 1 unspecified atom stereocenters. The number of aromatic nitrogens is 1. The van der Waals surface area contributed by atoms with Gasteiger partial charge in [0.2, 0.25) is 0 Å². The summed E-state index contributed by atoms with van der Waals surface area (Å²) in [5.41, 5.74) is 5.35. The van der Waals surface area contributed by atoms with E-state index in [1.54, 1.807) is 11.3 Å². The molecule has 0 saturated carbocycles. The number of hydrogen-bond acceptors (Lipinski definition) is 3. The van der Waals surface area contributed by atoms with Gasteiger partial charge in [0.15, 0.2) is 0 Å². The van der Waals surface area contributed by atoms with Gasteiger partial charge in [-0.3, -0.25) is 0 Å². The second kappa shape index (κ2) is 6.31. The second-order valence-corrected chi connectivity index (χ2v) is 6.24. The predicted molar refractivity (Wildman–Crippen MR) is 83.0 cm³/mol. The van der Waals surface area contributed by atoms with E-state index >= 15 is 0 Å². The molecule has 0 radical (unpaired) electrons. The molecule has 0 aliphatic heterocycles. The summed E-state index contributed by atoms with van der Waals surface area (Å²) in [5.74, 6) is 0. The van der Waals surface area contributed by atoms with Crippen molar-refractivity contribution in [3.63, 3.8) is 0 Å². The Labute approximate surface area is 119 Å². The minimum Gasteiger partial charge on any atom is -0.316 e. The van der Waals surface area contributed by atoms with E-state index in [4.69, 9.17) is 0 Å². The van der Waals surface area contributed by atoms with Crippen molar-refractivity contribution < 1.29 is 0 Å². The standard InChI is InChI=1S/C16H22N2S/c1-11-5-6-12(2)14(7-11)8-15(17-4)9-16-10-19-13(3)18-16/h5-7,10,15,17H,8-9H2,1-4H3. The number of nitrogens with one attached hydrogen (secondary N) is 1. The second-order valence-electron chi connectivity index (χ2n) is 5.18. The lowest BCUT2D eigenvalue weighted by atomic mass is 9.97. The lowest BCUT2D eigenvalue weighted by Crippen LogP contribution is -2.30. The summed E-state index contributed by atoms with van der Waals surface area (Å²) in [6.45, 7) is 6.41. The molecule has 2 aromatic rings. The number of nitrogens with zero attached hydrogens (tertiary/aromatic N) is 1. The van der Waals surface area contributed by atoms with Gasteiger partial charge in [0.25, 0.3) is 0 Å². The van der Waals surface area contributed by atoms with Crippen molar-refractivity contribution in [2.45, 2.75) is 39.7 Å². The average molecular weight is 274 g/mol. The van der Waals surface area contributed by atoms with Crippen LogP contribution < -0.4 is 5.32 Å². The van der Waals surface area contributed by atoms with Crippen molar-refractivity contribution in [2.75, 3.05) is 7.05 Å². The molecule has 2 nitrogen and oxygen atoms in total. The molecule has 0 fully saturated rings. The molecule has 0 saturated heterocycles. The summed E-state index contributed by atoms with van der Waals surface area (Å²) in [7, 11) is 2.04. The first-order chi connectivity index (χ1) is 9.08. The van der Waals surface area contributed by atoms with Gasteiger partial charge in [0.05, 0.1) is 10.7 Å². The van der Waals surface area contributed by atoms with Crippen LogP contribution in [-0.2, 0) is 12.8 Å². The van der Waals surface area contributed by atoms with E-state index in [2.05, 4.69) is 54.7 Å². The Hall–Kier alpha value is -1.19. The Kier molecular flexibility index (Phi) is 4.72. The van der Waals surface area contributed by atoms with Crippen LogP contribution in [0.5, 0.6) is 0 Å². The molecule has 1 atom stereocenters. The summed E-state index contributed by atoms with van der Waals surface area (Å²) in [4.78, 5) is 4.56. The molecular weight excluding hydrogens is 252 g/mol. The fourth-order valence-electron chi connectivity index (χ4n) is 2.32. The maximum Gasteiger partial charge on any atom is 0.0897 e. The predicted octanol–water partition coefficient (Wildman–Crippen LogP) is 3.44. The highest BCUT2D eigenvalue weighted by Crippen LogP contribution is 2.16. The zero-order valence-corrected chi connectivity index (χ0v) is 13.0. The zero-order valence-electron chi connectivity index (χ0n) is 12.2. The summed E-state index contributed by atoms with van der Waals surface area (Å²) >= 11 is 1.73. The van der Waals surface area contributed by atoms with Crippen molar-refractivity contribution in [3.05, 3.63) is 51.0 Å². The number of hydrogen-bond donors (Lipinski definition) is 1. The molecule has 19 heavy (non-hydrogen) atoms. The van der Waals surface area contributed by atoms with Crippen LogP contribution in [0.1, 0.15) is 27.4 Å². The van der Waals surface area contributed by atoms with Gasteiger partial charge < -0.3 is 5.32 Å². The van der Waals surface area contributed by atoms with Crippen LogP contribution in [0.25, 0.3) is 0 Å². The van der Waals surface area contributed by atoms with E-state index in [1.807, 2.05) is 7.05 Å². The molecule has 0 amide bonds. The molecule has 0 aliphatic carbocycles. The number of thiazole rings is 1. The smallest absolute Gasteiger partial charge is 0.0897 e. The molecule has 102 valence electrons. The van der Waals surface area contributed by atoms with Gasteiger partial charge in [0, 0.05) is 17.8 Å². The van der Waals surface area contributed by atoms with Crippen LogP contribution in [0.4, 0.5) is 0 Å². The van der Waals surface area contributed by atoms with E-state index < -0.39 is 0 Å². The third-order valence-corrected chi connectivity index (χ3v) is 4.32. The SMILES string of the molecule is CNC(Cc1csc(C)n1)Cc1cc(C)ccc1C. The summed E-state index contributed by atoms with van der Waals surface area (Å²) in [6, 6.07) is 7.13. The highest BCUT2D eigenvalue weighted by atomic mass is 32.1. The van der Waals surface area contributed by atoms with Gasteiger partial charge in [-0.2, -0.15) is 0 Å². The fourth-order valence-corrected chi connectivity index (χ4v) is 2.94. The molecule has 2 rings (SSSR count). The zero-order chi connectivity index (χ0) is 13.8. The maximum absolute atomic E-state index is 4.56. The van der Waals surface area contributed by atoms with Crippen molar-refractivity contribution in [2.24, 2.45) is 0 Å². The van der Waals surface area contributed by atoms with Gasteiger partial charge in [-0.1, -0.05) is 23.8 Å². The van der Waals surface area contributed by atoms with Gasteiger partial charge in [-0.25, -0.2) is 4.98 Å². The van der Waals surface area contributed by atoms with Gasteiger partial charge in [-0.05, 0) is 45.4 Å². The first-order valence-corrected chi connectivity index (χ1v) is 7.61. The Bertz CT molecular complexity index is 545. The van der Waals surface area contributed by atoms with Crippen LogP contribution in [0.15, 0.2) is 23.6 Å². The Balaban J connectivity index is 2.08. The molecule has 0 spiro atoms. The molecule has 0 aliphatic rings. The number of rotatable bonds is 5. The first kappa shape index (κ1) is 14.2. The van der Waals surface area contributed by atoms with Gasteiger partial charge >= 0.3 is 0 Å². The number of likely N-dealkylation sites (N-methyl/N-ethyl adjacent to an activating group) is 1. The number of benzene rings is 1. The molecule has 1 heterocycles. The first-order valence-electron chi connectivity index (χ1n) is 6.73. The average Bonchev–Trinajstić information content (AvgIpc) is 2.78. The highest BCUT2D eigenvalue weighted by molar-refractivity contribution is 7.09. The Morgan fingerprint density at radius 2 is 2.00 bits per heavy atom. The number of aryl methyl sites for hydroxylation is 3. The van der Waals surface area contributed by atoms with Crippen molar-refractivity contribution in [3.8, 4) is 0 Å². The molecule has 1 N–H and O–H groups in total. The van der Waals surface area contributed by atoms with E-state index in [-0.39, 0.29) is 0 Å². The van der Waals surface area contributed by atoms with Crippen LogP contribution in [0.2, 0.25) is 0 Å². The molecule has 1 aromatic carbocycles. The van der Waals surface area contributed by atoms with Crippen molar-refractivity contribution >= 4 is 11.3 Å². The third kappa shape index (κ3) is 3.88. The van der Waals surface area contributed by atoms with E-state index in [9.17, 15) is 0 Å². The van der Waals surface area contributed by atoms with Crippen LogP contribution in [0.3, 0.4) is 0 Å². The van der Waals surface area contributed by atoms with Crippen LogP contribution in [-0.4, -0.2) is 18.1 Å². The van der Waals surface area contributed by atoms with Crippen LogP contribution >= 0.6 is 11.3 Å². The lowest BCUT2D eigenvalue weighted by Gasteiger charge is -2.17.